The lowest BCUT2D eigenvalue weighted by Gasteiger charge is -2.05. The van der Waals surface area contributed by atoms with Gasteiger partial charge in [0.15, 0.2) is 0 Å². The van der Waals surface area contributed by atoms with E-state index in [1.165, 1.54) is 12.1 Å². The maximum Gasteiger partial charge on any atom is 0.283 e. The van der Waals surface area contributed by atoms with E-state index in [-0.39, 0.29) is 22.1 Å². The normalized spacial score (nSPS) is 10.1. The number of nitrogens with zero attached hydrogens (tertiary/aromatic N) is 2. The molecule has 0 spiro atoms. The maximum atomic E-state index is 12.0. The summed E-state index contributed by atoms with van der Waals surface area (Å²) in [6.07, 6.45) is 0. The van der Waals surface area contributed by atoms with Crippen LogP contribution in [-0.2, 0) is 0 Å². The van der Waals surface area contributed by atoms with E-state index in [1.54, 1.807) is 18.2 Å². The second-order valence-corrected chi connectivity index (χ2v) is 4.97. The van der Waals surface area contributed by atoms with Crippen molar-refractivity contribution < 1.29 is 9.72 Å². The molecule has 0 unspecified atom stereocenters. The monoisotopic (exact) mass is 355 g/mol. The quantitative estimate of drug-likeness (QED) is 0.516. The number of carbonyl (C=O) groups excluding carboxylic acids is 1. The molecule has 6 nitrogen and oxygen atoms in total. The number of pyridine rings is 1. The van der Waals surface area contributed by atoms with Gasteiger partial charge in [0.05, 0.1) is 4.92 Å². The van der Waals surface area contributed by atoms with E-state index in [1.807, 2.05) is 0 Å². The molecule has 20 heavy (non-hydrogen) atoms. The summed E-state index contributed by atoms with van der Waals surface area (Å²) in [5.41, 5.74) is -0.439. The Kier molecular flexibility index (Phi) is 4.31. The SMILES string of the molecule is O=C(Nc1cccc(Br)n1)c1ccc(Cl)cc1[N+](=O)[O-]. The molecule has 0 atom stereocenters. The fraction of sp³-hybridized carbons (Fsp3) is 0. The molecule has 1 aromatic carbocycles. The maximum absolute atomic E-state index is 12.0. The van der Waals surface area contributed by atoms with Crippen molar-refractivity contribution in [2.45, 2.75) is 0 Å². The fourth-order valence-corrected chi connectivity index (χ4v) is 2.02. The van der Waals surface area contributed by atoms with Crippen molar-refractivity contribution in [3.63, 3.8) is 0 Å². The van der Waals surface area contributed by atoms with E-state index in [2.05, 4.69) is 26.2 Å². The molecule has 1 N–H and O–H groups in total. The third-order valence-corrected chi connectivity index (χ3v) is 3.03. The number of carbonyl (C=O) groups is 1. The number of amides is 1. The lowest BCUT2D eigenvalue weighted by Crippen LogP contribution is -2.14. The lowest BCUT2D eigenvalue weighted by molar-refractivity contribution is -0.385. The Labute approximate surface area is 127 Å². The average molecular weight is 357 g/mol. The third kappa shape index (κ3) is 3.31. The minimum absolute atomic E-state index is 0.0822. The zero-order chi connectivity index (χ0) is 14.7. The molecule has 0 saturated heterocycles. The Morgan fingerprint density at radius 2 is 2.10 bits per heavy atom. The van der Waals surface area contributed by atoms with Crippen LogP contribution in [0.1, 0.15) is 10.4 Å². The van der Waals surface area contributed by atoms with Gasteiger partial charge in [0, 0.05) is 11.1 Å². The van der Waals surface area contributed by atoms with Crippen LogP contribution >= 0.6 is 27.5 Å². The summed E-state index contributed by atoms with van der Waals surface area (Å²) in [7, 11) is 0. The van der Waals surface area contributed by atoms with Crippen LogP contribution in [0, 0.1) is 10.1 Å². The van der Waals surface area contributed by atoms with Gasteiger partial charge in [-0.3, -0.25) is 14.9 Å². The van der Waals surface area contributed by atoms with E-state index in [9.17, 15) is 14.9 Å². The highest BCUT2D eigenvalue weighted by Gasteiger charge is 2.20. The molecule has 1 aromatic heterocycles. The van der Waals surface area contributed by atoms with Gasteiger partial charge in [-0.1, -0.05) is 17.7 Å². The van der Waals surface area contributed by atoms with Crippen LogP contribution in [0.2, 0.25) is 5.02 Å². The summed E-state index contributed by atoms with van der Waals surface area (Å²) < 4.78 is 0.543. The summed E-state index contributed by atoms with van der Waals surface area (Å²) in [5.74, 6) is -0.340. The topological polar surface area (TPSA) is 85.1 Å². The molecule has 0 radical (unpaired) electrons. The minimum Gasteiger partial charge on any atom is -0.306 e. The molecule has 0 aliphatic carbocycles. The summed E-state index contributed by atoms with van der Waals surface area (Å²) >= 11 is 8.86. The van der Waals surface area contributed by atoms with Crippen LogP contribution in [0.3, 0.4) is 0 Å². The van der Waals surface area contributed by atoms with Gasteiger partial charge in [0.1, 0.15) is 16.0 Å². The van der Waals surface area contributed by atoms with E-state index in [0.29, 0.717) is 4.60 Å². The first-order chi connectivity index (χ1) is 9.47. The number of aromatic nitrogens is 1. The summed E-state index contributed by atoms with van der Waals surface area (Å²) in [6, 6.07) is 8.80. The first kappa shape index (κ1) is 14.4. The van der Waals surface area contributed by atoms with Crippen LogP contribution in [0.5, 0.6) is 0 Å². The number of nitro groups is 1. The zero-order valence-electron chi connectivity index (χ0n) is 9.84. The number of hydrogen-bond donors (Lipinski definition) is 1. The molecule has 0 saturated carbocycles. The minimum atomic E-state index is -0.658. The fourth-order valence-electron chi connectivity index (χ4n) is 1.51. The molecule has 1 heterocycles. The Balaban J connectivity index is 2.32. The van der Waals surface area contributed by atoms with Crippen molar-refractivity contribution in [1.82, 2.24) is 4.98 Å². The zero-order valence-corrected chi connectivity index (χ0v) is 12.2. The number of anilines is 1. The van der Waals surface area contributed by atoms with Gasteiger partial charge in [-0.15, -0.1) is 0 Å². The van der Waals surface area contributed by atoms with Crippen molar-refractivity contribution in [1.29, 1.82) is 0 Å². The number of hydrogen-bond acceptors (Lipinski definition) is 4. The number of benzene rings is 1. The third-order valence-electron chi connectivity index (χ3n) is 2.36. The number of rotatable bonds is 3. The molecule has 0 aliphatic heterocycles. The Morgan fingerprint density at radius 1 is 1.35 bits per heavy atom. The van der Waals surface area contributed by atoms with E-state index in [4.69, 9.17) is 11.6 Å². The van der Waals surface area contributed by atoms with E-state index >= 15 is 0 Å². The Morgan fingerprint density at radius 3 is 2.75 bits per heavy atom. The van der Waals surface area contributed by atoms with Crippen LogP contribution < -0.4 is 5.32 Å². The van der Waals surface area contributed by atoms with Crippen LogP contribution in [-0.4, -0.2) is 15.8 Å². The average Bonchev–Trinajstić information content (AvgIpc) is 2.38. The summed E-state index contributed by atoms with van der Waals surface area (Å²) in [6.45, 7) is 0. The van der Waals surface area contributed by atoms with Gasteiger partial charge in [-0.25, -0.2) is 4.98 Å². The second kappa shape index (κ2) is 5.98. The van der Waals surface area contributed by atoms with Crippen molar-refractivity contribution in [2.24, 2.45) is 0 Å². The molecular weight excluding hydrogens is 350 g/mol. The Hall–Kier alpha value is -1.99. The van der Waals surface area contributed by atoms with Crippen LogP contribution in [0.25, 0.3) is 0 Å². The first-order valence-electron chi connectivity index (χ1n) is 5.35. The summed E-state index contributed by atoms with van der Waals surface area (Å²) in [4.78, 5) is 26.3. The molecule has 1 amide bonds. The molecule has 0 bridgehead atoms. The van der Waals surface area contributed by atoms with Gasteiger partial charge in [-0.05, 0) is 40.2 Å². The van der Waals surface area contributed by atoms with Crippen LogP contribution in [0.4, 0.5) is 11.5 Å². The molecule has 2 aromatic rings. The molecule has 0 aliphatic rings. The van der Waals surface area contributed by atoms with E-state index in [0.717, 1.165) is 6.07 Å². The number of halogens is 2. The molecule has 2 rings (SSSR count). The molecule has 0 fully saturated rings. The van der Waals surface area contributed by atoms with Crippen molar-refractivity contribution >= 4 is 44.9 Å². The highest BCUT2D eigenvalue weighted by atomic mass is 79.9. The summed E-state index contributed by atoms with van der Waals surface area (Å²) in [5, 5.41) is 13.6. The Bertz CT molecular complexity index is 693. The highest BCUT2D eigenvalue weighted by Crippen LogP contribution is 2.24. The van der Waals surface area contributed by atoms with E-state index < -0.39 is 10.8 Å². The van der Waals surface area contributed by atoms with Crippen LogP contribution in [0.15, 0.2) is 41.0 Å². The van der Waals surface area contributed by atoms with Crippen molar-refractivity contribution in [3.8, 4) is 0 Å². The van der Waals surface area contributed by atoms with Gasteiger partial charge < -0.3 is 5.32 Å². The highest BCUT2D eigenvalue weighted by molar-refractivity contribution is 9.10. The molecular formula is C12H7BrClN3O3. The van der Waals surface area contributed by atoms with Crippen molar-refractivity contribution in [3.05, 3.63) is 61.7 Å². The first-order valence-corrected chi connectivity index (χ1v) is 6.52. The predicted molar refractivity (Wildman–Crippen MR) is 78.0 cm³/mol. The van der Waals surface area contributed by atoms with Gasteiger partial charge in [0.25, 0.3) is 11.6 Å². The molecule has 8 heteroatoms. The smallest absolute Gasteiger partial charge is 0.283 e. The number of nitro benzene ring substituents is 1. The standard InChI is InChI=1S/C12H7BrClN3O3/c13-10-2-1-3-11(15-10)16-12(18)8-5-4-7(14)6-9(8)17(19)20/h1-6H,(H,15,16,18). The van der Waals surface area contributed by atoms with Crippen molar-refractivity contribution in [2.75, 3.05) is 5.32 Å². The largest absolute Gasteiger partial charge is 0.306 e. The lowest BCUT2D eigenvalue weighted by atomic mass is 10.1. The predicted octanol–water partition coefficient (Wildman–Crippen LogP) is 3.66. The van der Waals surface area contributed by atoms with Gasteiger partial charge >= 0.3 is 0 Å². The number of nitrogens with one attached hydrogen (secondary N) is 1. The van der Waals surface area contributed by atoms with Gasteiger partial charge in [-0.2, -0.15) is 0 Å². The second-order valence-electron chi connectivity index (χ2n) is 3.72. The molecule has 102 valence electrons. The van der Waals surface area contributed by atoms with Gasteiger partial charge in [0.2, 0.25) is 0 Å².